The normalized spacial score (nSPS) is 11.9. The lowest BCUT2D eigenvalue weighted by atomic mass is 10.1. The van der Waals surface area contributed by atoms with Crippen LogP contribution >= 0.6 is 43.2 Å². The van der Waals surface area contributed by atoms with Crippen molar-refractivity contribution >= 4 is 49.4 Å². The molecule has 3 rings (SSSR count). The molecular formula is C20H19Br2N3O4S. The Morgan fingerprint density at radius 1 is 1.00 bits per heavy atom. The number of methoxy groups -OCH3 is 3. The predicted octanol–water partition coefficient (Wildman–Crippen LogP) is 4.89. The number of phenols is 1. The molecule has 0 aliphatic carbocycles. The molecule has 0 atom stereocenters. The first kappa shape index (κ1) is 22.4. The van der Waals surface area contributed by atoms with E-state index in [4.69, 9.17) is 14.2 Å². The second-order valence-corrected chi connectivity index (χ2v) is 8.48. The number of benzene rings is 2. The van der Waals surface area contributed by atoms with Gasteiger partial charge in [0.2, 0.25) is 10.6 Å². The Balaban J connectivity index is 2.13. The van der Waals surface area contributed by atoms with Crippen molar-refractivity contribution in [3.8, 4) is 34.3 Å². The summed E-state index contributed by atoms with van der Waals surface area (Å²) in [6, 6.07) is 7.28. The van der Waals surface area contributed by atoms with Gasteiger partial charge in [0.15, 0.2) is 11.5 Å². The standard InChI is InChI=1S/C20H19Br2N3O4S/c1-23-20-25(24-9-11-5-13(21)18(26)14(22)6-11)15(10-30-20)12-7-16(27-2)19(29-4)17(8-12)28-3/h5-10,26H,1-4H3. The lowest BCUT2D eigenvalue weighted by Crippen LogP contribution is -2.11. The zero-order valence-corrected chi connectivity index (χ0v) is 20.6. The first-order chi connectivity index (χ1) is 14.4. The Morgan fingerprint density at radius 2 is 1.60 bits per heavy atom. The van der Waals surface area contributed by atoms with Crippen LogP contribution in [0.5, 0.6) is 23.0 Å². The summed E-state index contributed by atoms with van der Waals surface area (Å²) in [4.78, 5) is 5.03. The summed E-state index contributed by atoms with van der Waals surface area (Å²) in [5, 5.41) is 16.5. The monoisotopic (exact) mass is 555 g/mol. The smallest absolute Gasteiger partial charge is 0.205 e. The van der Waals surface area contributed by atoms with Gasteiger partial charge in [-0.2, -0.15) is 5.10 Å². The Labute approximate surface area is 194 Å². The van der Waals surface area contributed by atoms with Gasteiger partial charge < -0.3 is 19.3 Å². The topological polar surface area (TPSA) is 77.6 Å². The molecule has 0 amide bonds. The van der Waals surface area contributed by atoms with Crippen molar-refractivity contribution < 1.29 is 19.3 Å². The number of ether oxygens (including phenoxy) is 3. The maximum atomic E-state index is 9.91. The second kappa shape index (κ2) is 9.67. The summed E-state index contributed by atoms with van der Waals surface area (Å²) in [6.45, 7) is 0. The van der Waals surface area contributed by atoms with Crippen LogP contribution in [-0.2, 0) is 0 Å². The molecule has 30 heavy (non-hydrogen) atoms. The van der Waals surface area contributed by atoms with Crippen LogP contribution in [-0.4, -0.2) is 44.4 Å². The third kappa shape index (κ3) is 4.40. The average Bonchev–Trinajstić information content (AvgIpc) is 3.17. The molecule has 2 aromatic carbocycles. The molecule has 0 saturated carbocycles. The summed E-state index contributed by atoms with van der Waals surface area (Å²) in [7, 11) is 6.43. The van der Waals surface area contributed by atoms with Gasteiger partial charge in [-0.15, -0.1) is 11.3 Å². The van der Waals surface area contributed by atoms with E-state index >= 15 is 0 Å². The molecule has 1 N–H and O–H groups in total. The Bertz CT molecular complexity index is 1120. The summed E-state index contributed by atoms with van der Waals surface area (Å²) in [6.07, 6.45) is 1.69. The summed E-state index contributed by atoms with van der Waals surface area (Å²) < 4.78 is 19.2. The number of hydrogen-bond donors (Lipinski definition) is 1. The van der Waals surface area contributed by atoms with Gasteiger partial charge in [0.25, 0.3) is 0 Å². The molecule has 0 fully saturated rings. The van der Waals surface area contributed by atoms with E-state index in [-0.39, 0.29) is 5.75 Å². The van der Waals surface area contributed by atoms with E-state index in [1.165, 1.54) is 11.3 Å². The minimum absolute atomic E-state index is 0.137. The molecule has 0 aliphatic heterocycles. The number of aromatic hydroxyl groups is 1. The van der Waals surface area contributed by atoms with Crippen LogP contribution < -0.4 is 19.0 Å². The van der Waals surface area contributed by atoms with Crippen LogP contribution in [0.3, 0.4) is 0 Å². The molecule has 0 spiro atoms. The van der Waals surface area contributed by atoms with Crippen molar-refractivity contribution in [1.82, 2.24) is 4.68 Å². The number of rotatable bonds is 6. The molecule has 0 saturated heterocycles. The van der Waals surface area contributed by atoms with Gasteiger partial charge in [-0.25, -0.2) is 4.68 Å². The van der Waals surface area contributed by atoms with Crippen LogP contribution in [0.2, 0.25) is 0 Å². The first-order valence-corrected chi connectivity index (χ1v) is 11.1. The largest absolute Gasteiger partial charge is 0.506 e. The minimum Gasteiger partial charge on any atom is -0.506 e. The van der Waals surface area contributed by atoms with E-state index < -0.39 is 0 Å². The molecule has 0 radical (unpaired) electrons. The summed E-state index contributed by atoms with van der Waals surface area (Å²) >= 11 is 8.13. The van der Waals surface area contributed by atoms with Crippen molar-refractivity contribution in [3.63, 3.8) is 0 Å². The van der Waals surface area contributed by atoms with Gasteiger partial charge in [-0.1, -0.05) is 0 Å². The molecule has 158 valence electrons. The maximum Gasteiger partial charge on any atom is 0.205 e. The molecule has 3 aromatic rings. The van der Waals surface area contributed by atoms with E-state index in [0.717, 1.165) is 16.8 Å². The quantitative estimate of drug-likeness (QED) is 0.439. The molecule has 7 nitrogen and oxygen atoms in total. The van der Waals surface area contributed by atoms with Crippen molar-refractivity contribution in [2.75, 3.05) is 28.4 Å². The summed E-state index contributed by atoms with van der Waals surface area (Å²) in [5.41, 5.74) is 2.44. The number of halogens is 2. The Kier molecular flexibility index (Phi) is 7.22. The number of hydrogen-bond acceptors (Lipinski definition) is 7. The maximum absolute atomic E-state index is 9.91. The SMILES string of the molecule is CN=c1scc(-c2cc(OC)c(OC)c(OC)c2)n1N=Cc1cc(Br)c(O)c(Br)c1. The van der Waals surface area contributed by atoms with Crippen LogP contribution in [0.15, 0.2) is 48.7 Å². The fourth-order valence-corrected chi connectivity index (χ4v) is 4.80. The fraction of sp³-hybridized carbons (Fsp3) is 0.200. The number of phenolic OH excluding ortho intramolecular Hbond substituents is 1. The van der Waals surface area contributed by atoms with Crippen LogP contribution in [0.4, 0.5) is 0 Å². The highest BCUT2D eigenvalue weighted by Crippen LogP contribution is 2.41. The zero-order chi connectivity index (χ0) is 21.8. The third-order valence-corrected chi connectivity index (χ3v) is 6.32. The number of nitrogens with zero attached hydrogens (tertiary/aromatic N) is 3. The van der Waals surface area contributed by atoms with Crippen molar-refractivity contribution in [1.29, 1.82) is 0 Å². The van der Waals surface area contributed by atoms with Gasteiger partial charge in [-0.3, -0.25) is 4.99 Å². The van der Waals surface area contributed by atoms with Crippen molar-refractivity contribution in [2.24, 2.45) is 10.1 Å². The molecule has 0 bridgehead atoms. The van der Waals surface area contributed by atoms with Gasteiger partial charge in [-0.05, 0) is 61.7 Å². The third-order valence-electron chi connectivity index (χ3n) is 4.20. The van der Waals surface area contributed by atoms with Crippen LogP contribution in [0.1, 0.15) is 5.56 Å². The van der Waals surface area contributed by atoms with Crippen molar-refractivity contribution in [3.05, 3.63) is 49.0 Å². The van der Waals surface area contributed by atoms with Crippen LogP contribution in [0, 0.1) is 0 Å². The van der Waals surface area contributed by atoms with E-state index in [2.05, 4.69) is 42.0 Å². The Hall–Kier alpha value is -2.30. The van der Waals surface area contributed by atoms with E-state index in [1.54, 1.807) is 51.4 Å². The average molecular weight is 557 g/mol. The zero-order valence-electron chi connectivity index (χ0n) is 16.6. The minimum atomic E-state index is 0.137. The number of aromatic nitrogens is 1. The highest BCUT2D eigenvalue weighted by molar-refractivity contribution is 9.11. The lowest BCUT2D eigenvalue weighted by Gasteiger charge is -2.14. The second-order valence-electron chi connectivity index (χ2n) is 5.93. The summed E-state index contributed by atoms with van der Waals surface area (Å²) in [5.74, 6) is 1.76. The fourth-order valence-electron chi connectivity index (χ4n) is 2.77. The van der Waals surface area contributed by atoms with Gasteiger partial charge >= 0.3 is 0 Å². The molecule has 0 aliphatic rings. The predicted molar refractivity (Wildman–Crippen MR) is 125 cm³/mol. The van der Waals surface area contributed by atoms with Gasteiger partial charge in [0.05, 0.1) is 42.2 Å². The lowest BCUT2D eigenvalue weighted by molar-refractivity contribution is 0.324. The van der Waals surface area contributed by atoms with Crippen molar-refractivity contribution in [2.45, 2.75) is 0 Å². The van der Waals surface area contributed by atoms with Gasteiger partial charge in [0.1, 0.15) is 5.75 Å². The highest BCUT2D eigenvalue weighted by atomic mass is 79.9. The molecule has 0 unspecified atom stereocenters. The van der Waals surface area contributed by atoms with Gasteiger partial charge in [0, 0.05) is 18.0 Å². The highest BCUT2D eigenvalue weighted by Gasteiger charge is 2.17. The van der Waals surface area contributed by atoms with Crippen LogP contribution in [0.25, 0.3) is 11.3 Å². The molecule has 1 heterocycles. The molecular weight excluding hydrogens is 538 g/mol. The van der Waals surface area contributed by atoms with E-state index in [1.807, 2.05) is 17.5 Å². The van der Waals surface area contributed by atoms with E-state index in [0.29, 0.717) is 31.0 Å². The Morgan fingerprint density at radius 3 is 2.10 bits per heavy atom. The number of thiazole rings is 1. The molecule has 10 heteroatoms. The molecule has 1 aromatic heterocycles. The first-order valence-electron chi connectivity index (χ1n) is 8.59. The van der Waals surface area contributed by atoms with E-state index in [9.17, 15) is 5.11 Å².